The largest absolute Gasteiger partial charge is 0.311 e. The van der Waals surface area contributed by atoms with Crippen molar-refractivity contribution in [2.45, 2.75) is 121 Å². The van der Waals surface area contributed by atoms with E-state index in [9.17, 15) is 0 Å². The number of anilines is 6. The summed E-state index contributed by atoms with van der Waals surface area (Å²) in [7, 11) is 2.24. The highest BCUT2D eigenvalue weighted by molar-refractivity contribution is 7.99. The predicted octanol–water partition coefficient (Wildman–Crippen LogP) is 15.9. The quantitative estimate of drug-likeness (QED) is 0.0975. The molecule has 0 saturated carbocycles. The van der Waals surface area contributed by atoms with Gasteiger partial charge in [0.2, 0.25) is 0 Å². The summed E-state index contributed by atoms with van der Waals surface area (Å²) in [5, 5.41) is 3.82. The van der Waals surface area contributed by atoms with E-state index in [0.29, 0.717) is 0 Å². The van der Waals surface area contributed by atoms with E-state index < -0.39 is 0 Å². The smallest absolute Gasteiger partial charge is 0.295 e. The van der Waals surface area contributed by atoms with Crippen LogP contribution < -0.4 is 30.8 Å². The minimum Gasteiger partial charge on any atom is -0.311 e. The SMILES string of the molecule is Cc1ccc(-c2cc3c4c(c2)N2c5ccc(C(C)(C)C)cc5Sc5cc(C(C)(C)C)cc(c52)B4c2cc(C(C)(C)C)ccc2N3c2ccc(C(C)(C)C)cc2)c2c3ccccc3n3c4ccccc4[n+](C)c3c12. The zero-order valence-electron chi connectivity index (χ0n) is 45.1. The summed E-state index contributed by atoms with van der Waals surface area (Å²) < 4.78 is 4.90. The van der Waals surface area contributed by atoms with E-state index in [-0.39, 0.29) is 28.4 Å². The molecule has 0 atom stereocenters. The van der Waals surface area contributed by atoms with Crippen LogP contribution in [0.15, 0.2) is 155 Å². The third kappa shape index (κ3) is 6.78. The molecule has 73 heavy (non-hydrogen) atoms. The van der Waals surface area contributed by atoms with Gasteiger partial charge in [0.1, 0.15) is 5.52 Å². The van der Waals surface area contributed by atoms with Crippen molar-refractivity contribution < 1.29 is 4.57 Å². The van der Waals surface area contributed by atoms with Crippen LogP contribution in [0.3, 0.4) is 0 Å². The van der Waals surface area contributed by atoms with E-state index in [2.05, 4.69) is 261 Å². The molecule has 0 N–H and O–H groups in total. The van der Waals surface area contributed by atoms with E-state index in [1.54, 1.807) is 0 Å². The molecular weight excluding hydrogens is 904 g/mol. The summed E-state index contributed by atoms with van der Waals surface area (Å²) in [5.41, 5.74) is 25.4. The first-order valence-electron chi connectivity index (χ1n) is 26.4. The van der Waals surface area contributed by atoms with Gasteiger partial charge in [0.05, 0.1) is 23.8 Å². The molecule has 0 spiro atoms. The Kier molecular flexibility index (Phi) is 9.72. The minimum absolute atomic E-state index is 0.00103. The van der Waals surface area contributed by atoms with Crippen LogP contribution in [0.2, 0.25) is 0 Å². The second-order valence-electron chi connectivity index (χ2n) is 25.5. The lowest BCUT2D eigenvalue weighted by molar-refractivity contribution is -0.617. The molecule has 0 bridgehead atoms. The van der Waals surface area contributed by atoms with Crippen LogP contribution in [-0.4, -0.2) is 11.1 Å². The molecule has 2 aromatic heterocycles. The Morgan fingerprint density at radius 1 is 0.479 bits per heavy atom. The van der Waals surface area contributed by atoms with Gasteiger partial charge in [-0.25, -0.2) is 4.57 Å². The standard InChI is InChI=1S/C67H66BN4S/c1-39-23-30-46(60-47-19-15-16-20-50(47)72-53-22-18-17-21-52(53)69(14)63(72)59(39)60)40-33-55-61-56(34-40)71-54-32-27-43(66(8,9)10)37-57(54)73-58-38-44(67(11,12)13)36-49(62(58)71)68(61)48-35-42(65(5,6)7)26-31-51(48)70(55)45-28-24-41(25-29-45)64(2,3)4/h15-38H,1-14H3/q+1. The molecule has 3 aliphatic heterocycles. The number of imidazole rings is 1. The molecule has 13 rings (SSSR count). The first-order valence-corrected chi connectivity index (χ1v) is 27.2. The van der Waals surface area contributed by atoms with Gasteiger partial charge in [0.15, 0.2) is 11.0 Å². The summed E-state index contributed by atoms with van der Waals surface area (Å²) >= 11 is 1.96. The Morgan fingerprint density at radius 3 is 1.74 bits per heavy atom. The number of fused-ring (bicyclic) bond motifs is 14. The lowest BCUT2D eigenvalue weighted by atomic mass is 9.33. The van der Waals surface area contributed by atoms with Crippen LogP contribution in [-0.2, 0) is 28.7 Å². The second kappa shape index (κ2) is 15.4. The Bertz CT molecular complexity index is 4020. The Labute approximate surface area is 436 Å². The third-order valence-corrected chi connectivity index (χ3v) is 17.6. The van der Waals surface area contributed by atoms with Gasteiger partial charge in [-0.3, -0.25) is 0 Å². The van der Waals surface area contributed by atoms with Crippen molar-refractivity contribution in [2.75, 3.05) is 9.80 Å². The van der Waals surface area contributed by atoms with Crippen molar-refractivity contribution in [3.8, 4) is 11.1 Å². The molecule has 0 fully saturated rings. The van der Waals surface area contributed by atoms with Gasteiger partial charge in [0.25, 0.3) is 12.4 Å². The fraction of sp³-hybridized carbons (Fsp3) is 0.269. The van der Waals surface area contributed by atoms with Crippen molar-refractivity contribution in [1.82, 2.24) is 4.40 Å². The molecule has 0 saturated heterocycles. The Morgan fingerprint density at radius 2 is 1.05 bits per heavy atom. The maximum absolute atomic E-state index is 2.68. The molecule has 5 heterocycles. The van der Waals surface area contributed by atoms with E-state index in [1.165, 1.54) is 138 Å². The first kappa shape index (κ1) is 46.1. The van der Waals surface area contributed by atoms with Gasteiger partial charge in [0, 0.05) is 43.3 Å². The number of hydrogen-bond acceptors (Lipinski definition) is 3. The van der Waals surface area contributed by atoms with Gasteiger partial charge in [-0.1, -0.05) is 174 Å². The maximum atomic E-state index is 2.68. The zero-order chi connectivity index (χ0) is 51.0. The van der Waals surface area contributed by atoms with Gasteiger partial charge in [-0.2, -0.15) is 4.40 Å². The Hall–Kier alpha value is -6.76. The van der Waals surface area contributed by atoms with Crippen LogP contribution >= 0.6 is 11.8 Å². The highest BCUT2D eigenvalue weighted by Crippen LogP contribution is 2.56. The summed E-state index contributed by atoms with van der Waals surface area (Å²) in [5.74, 6) is 0. The fourth-order valence-electron chi connectivity index (χ4n) is 12.5. The highest BCUT2D eigenvalue weighted by atomic mass is 32.2. The summed E-state index contributed by atoms with van der Waals surface area (Å²) in [6.07, 6.45) is 0. The van der Waals surface area contributed by atoms with Gasteiger partial charge < -0.3 is 9.80 Å². The number of aryl methyl sites for hydroxylation is 2. The van der Waals surface area contributed by atoms with Crippen LogP contribution in [0, 0.1) is 6.92 Å². The van der Waals surface area contributed by atoms with E-state index in [0.717, 1.165) is 0 Å². The predicted molar refractivity (Wildman–Crippen MR) is 314 cm³/mol. The monoisotopic (exact) mass is 970 g/mol. The van der Waals surface area contributed by atoms with E-state index in [1.807, 2.05) is 11.8 Å². The molecule has 4 nitrogen and oxygen atoms in total. The van der Waals surface area contributed by atoms with Gasteiger partial charge in [-0.15, -0.1) is 0 Å². The Balaban J connectivity index is 1.20. The lowest BCUT2D eigenvalue weighted by Gasteiger charge is -2.47. The lowest BCUT2D eigenvalue weighted by Crippen LogP contribution is -2.62. The van der Waals surface area contributed by atoms with Crippen molar-refractivity contribution >= 4 is 107 Å². The van der Waals surface area contributed by atoms with Gasteiger partial charge >= 0.3 is 0 Å². The second-order valence-corrected chi connectivity index (χ2v) is 26.5. The maximum Gasteiger partial charge on any atom is 0.295 e. The van der Waals surface area contributed by atoms with Gasteiger partial charge in [-0.05, 0) is 151 Å². The fourth-order valence-corrected chi connectivity index (χ4v) is 13.6. The van der Waals surface area contributed by atoms with Crippen molar-refractivity contribution in [1.29, 1.82) is 0 Å². The third-order valence-electron chi connectivity index (χ3n) is 16.5. The number of aromatic nitrogens is 2. The summed E-state index contributed by atoms with van der Waals surface area (Å²) in [6, 6.07) is 57.1. The molecule has 8 aromatic carbocycles. The molecule has 10 aromatic rings. The molecular formula is C67H66BN4S+. The van der Waals surface area contributed by atoms with Crippen LogP contribution in [0.4, 0.5) is 34.1 Å². The number of benzene rings is 8. The number of rotatable bonds is 2. The number of pyridine rings is 1. The molecule has 0 amide bonds. The number of para-hydroxylation sites is 3. The minimum atomic E-state index is -0.0633. The number of nitrogens with zero attached hydrogens (tertiary/aromatic N) is 4. The first-order chi connectivity index (χ1) is 34.6. The normalized spacial score (nSPS) is 14.3. The average molecular weight is 970 g/mol. The van der Waals surface area contributed by atoms with Crippen molar-refractivity contribution in [3.05, 3.63) is 173 Å². The molecule has 362 valence electrons. The summed E-state index contributed by atoms with van der Waals surface area (Å²) in [6.45, 7) is 30.4. The van der Waals surface area contributed by atoms with Crippen LogP contribution in [0.25, 0.3) is 49.5 Å². The van der Waals surface area contributed by atoms with Crippen molar-refractivity contribution in [3.63, 3.8) is 0 Å². The topological polar surface area (TPSA) is 14.8 Å². The average Bonchev–Trinajstić information content (AvgIpc) is 3.64. The molecule has 0 aliphatic carbocycles. The van der Waals surface area contributed by atoms with Crippen molar-refractivity contribution in [2.24, 2.45) is 7.05 Å². The summed E-state index contributed by atoms with van der Waals surface area (Å²) in [4.78, 5) is 7.92. The molecule has 0 unspecified atom stereocenters. The van der Waals surface area contributed by atoms with Crippen LogP contribution in [0.5, 0.6) is 0 Å². The molecule has 0 radical (unpaired) electrons. The molecule has 6 heteroatoms. The molecule has 3 aliphatic rings. The highest BCUT2D eigenvalue weighted by Gasteiger charge is 2.47. The van der Waals surface area contributed by atoms with E-state index in [4.69, 9.17) is 0 Å². The van der Waals surface area contributed by atoms with E-state index >= 15 is 0 Å². The zero-order valence-corrected chi connectivity index (χ0v) is 45.9. The van der Waals surface area contributed by atoms with Crippen LogP contribution in [0.1, 0.15) is 111 Å². The number of hydrogen-bond donors (Lipinski definition) is 0.